The Morgan fingerprint density at radius 2 is 2.06 bits per heavy atom. The Kier molecular flexibility index (Phi) is 3.45. The molecule has 17 heavy (non-hydrogen) atoms. The van der Waals surface area contributed by atoms with Gasteiger partial charge in [0.15, 0.2) is 0 Å². The zero-order valence-electron chi connectivity index (χ0n) is 9.22. The Morgan fingerprint density at radius 1 is 1.24 bits per heavy atom. The van der Waals surface area contributed by atoms with Crippen molar-refractivity contribution in [3.63, 3.8) is 0 Å². The summed E-state index contributed by atoms with van der Waals surface area (Å²) in [5.41, 5.74) is 0.284. The van der Waals surface area contributed by atoms with Crippen molar-refractivity contribution in [1.82, 2.24) is 5.32 Å². The second-order valence-corrected chi connectivity index (χ2v) is 3.60. The van der Waals surface area contributed by atoms with Crippen molar-refractivity contribution in [2.45, 2.75) is 6.42 Å². The highest BCUT2D eigenvalue weighted by Crippen LogP contribution is 2.14. The molecule has 0 saturated carbocycles. The van der Waals surface area contributed by atoms with Crippen LogP contribution >= 0.6 is 0 Å². The van der Waals surface area contributed by atoms with Gasteiger partial charge in [-0.15, -0.1) is 0 Å². The van der Waals surface area contributed by atoms with Crippen molar-refractivity contribution in [3.05, 3.63) is 54.0 Å². The number of carbonyl (C=O) groups excluding carboxylic acids is 1. The first-order valence-corrected chi connectivity index (χ1v) is 5.36. The maximum atomic E-state index is 11.7. The first-order valence-electron chi connectivity index (χ1n) is 5.36. The zero-order valence-corrected chi connectivity index (χ0v) is 9.22. The average molecular weight is 231 g/mol. The maximum absolute atomic E-state index is 11.7. The predicted octanol–water partition coefficient (Wildman–Crippen LogP) is 1.96. The monoisotopic (exact) mass is 231 g/mol. The Balaban J connectivity index is 1.88. The molecule has 2 N–H and O–H groups in total. The molecule has 1 aromatic carbocycles. The number of benzene rings is 1. The van der Waals surface area contributed by atoms with Gasteiger partial charge in [0, 0.05) is 13.0 Å². The molecule has 0 radical (unpaired) electrons. The lowest BCUT2D eigenvalue weighted by atomic mass is 10.2. The molecule has 1 aromatic heterocycles. The molecule has 0 saturated heterocycles. The minimum atomic E-state index is -0.283. The van der Waals surface area contributed by atoms with Gasteiger partial charge in [-0.1, -0.05) is 12.1 Å². The normalized spacial score (nSPS) is 10.1. The third-order valence-electron chi connectivity index (χ3n) is 2.39. The van der Waals surface area contributed by atoms with Gasteiger partial charge in [0.05, 0.1) is 11.8 Å². The molecule has 0 aliphatic heterocycles. The smallest absolute Gasteiger partial charge is 0.255 e. The molecular weight excluding hydrogens is 218 g/mol. The third-order valence-corrected chi connectivity index (χ3v) is 2.39. The van der Waals surface area contributed by atoms with E-state index in [0.717, 1.165) is 5.76 Å². The number of amides is 1. The lowest BCUT2D eigenvalue weighted by Gasteiger charge is -2.05. The van der Waals surface area contributed by atoms with Crippen LogP contribution in [0.2, 0.25) is 0 Å². The van der Waals surface area contributed by atoms with Gasteiger partial charge in [-0.3, -0.25) is 4.79 Å². The molecule has 0 spiro atoms. The van der Waals surface area contributed by atoms with E-state index >= 15 is 0 Å². The van der Waals surface area contributed by atoms with Crippen LogP contribution in [0.1, 0.15) is 16.1 Å². The summed E-state index contributed by atoms with van der Waals surface area (Å²) in [5.74, 6) is 0.528. The van der Waals surface area contributed by atoms with E-state index in [1.54, 1.807) is 30.5 Å². The first kappa shape index (κ1) is 11.3. The fourth-order valence-corrected chi connectivity index (χ4v) is 1.51. The van der Waals surface area contributed by atoms with Crippen molar-refractivity contribution in [2.75, 3.05) is 6.54 Å². The average Bonchev–Trinajstić information content (AvgIpc) is 2.82. The van der Waals surface area contributed by atoms with Crippen LogP contribution < -0.4 is 5.32 Å². The fraction of sp³-hybridized carbons (Fsp3) is 0.154. The molecule has 1 amide bonds. The highest BCUT2D eigenvalue weighted by molar-refractivity contribution is 5.96. The van der Waals surface area contributed by atoms with Crippen molar-refractivity contribution in [1.29, 1.82) is 0 Å². The van der Waals surface area contributed by atoms with E-state index in [2.05, 4.69) is 5.32 Å². The van der Waals surface area contributed by atoms with Gasteiger partial charge in [-0.05, 0) is 24.3 Å². The van der Waals surface area contributed by atoms with Crippen molar-refractivity contribution in [2.24, 2.45) is 0 Å². The number of rotatable bonds is 4. The highest BCUT2D eigenvalue weighted by atomic mass is 16.3. The van der Waals surface area contributed by atoms with E-state index in [1.807, 2.05) is 6.07 Å². The molecule has 88 valence electrons. The maximum Gasteiger partial charge on any atom is 0.255 e. The van der Waals surface area contributed by atoms with Crippen LogP contribution in [0.15, 0.2) is 47.1 Å². The molecule has 0 fully saturated rings. The second kappa shape index (κ2) is 5.21. The lowest BCUT2D eigenvalue weighted by molar-refractivity contribution is 0.0951. The Hall–Kier alpha value is -2.23. The van der Waals surface area contributed by atoms with Crippen molar-refractivity contribution in [3.8, 4) is 5.75 Å². The van der Waals surface area contributed by atoms with E-state index in [1.165, 1.54) is 6.07 Å². The molecule has 1 heterocycles. The number of phenolic OH excluding ortho intramolecular Hbond substituents is 1. The molecule has 0 unspecified atom stereocenters. The van der Waals surface area contributed by atoms with Crippen LogP contribution in [-0.4, -0.2) is 17.6 Å². The van der Waals surface area contributed by atoms with E-state index < -0.39 is 0 Å². The van der Waals surface area contributed by atoms with Crippen LogP contribution in [0.5, 0.6) is 5.75 Å². The second-order valence-electron chi connectivity index (χ2n) is 3.60. The molecule has 0 bridgehead atoms. The van der Waals surface area contributed by atoms with Gasteiger partial charge < -0.3 is 14.8 Å². The molecule has 0 atom stereocenters. The summed E-state index contributed by atoms with van der Waals surface area (Å²) < 4.78 is 5.14. The number of hydrogen-bond acceptors (Lipinski definition) is 3. The summed E-state index contributed by atoms with van der Waals surface area (Å²) in [4.78, 5) is 11.7. The van der Waals surface area contributed by atoms with E-state index in [0.29, 0.717) is 13.0 Å². The molecule has 4 heteroatoms. The number of phenols is 1. The van der Waals surface area contributed by atoms with Crippen LogP contribution in [0.3, 0.4) is 0 Å². The lowest BCUT2D eigenvalue weighted by Crippen LogP contribution is -2.25. The van der Waals surface area contributed by atoms with Gasteiger partial charge in [0.25, 0.3) is 5.91 Å². The molecule has 2 rings (SSSR count). The van der Waals surface area contributed by atoms with E-state index in [9.17, 15) is 9.90 Å². The summed E-state index contributed by atoms with van der Waals surface area (Å²) in [7, 11) is 0. The minimum absolute atomic E-state index is 0.0111. The number of carbonyl (C=O) groups is 1. The van der Waals surface area contributed by atoms with Gasteiger partial charge in [0.2, 0.25) is 0 Å². The standard InChI is InChI=1S/C13H13NO3/c15-12-6-2-1-5-11(12)13(16)14-8-7-10-4-3-9-17-10/h1-6,9,15H,7-8H2,(H,14,16). The van der Waals surface area contributed by atoms with Crippen LogP contribution in [-0.2, 0) is 6.42 Å². The summed E-state index contributed by atoms with van der Waals surface area (Å²) in [6.45, 7) is 0.473. The van der Waals surface area contributed by atoms with E-state index in [4.69, 9.17) is 4.42 Å². The number of aromatic hydroxyl groups is 1. The Morgan fingerprint density at radius 3 is 2.76 bits per heavy atom. The molecule has 4 nitrogen and oxygen atoms in total. The number of hydrogen-bond donors (Lipinski definition) is 2. The van der Waals surface area contributed by atoms with Gasteiger partial charge >= 0.3 is 0 Å². The van der Waals surface area contributed by atoms with Crippen molar-refractivity contribution < 1.29 is 14.3 Å². The molecule has 2 aromatic rings. The quantitative estimate of drug-likeness (QED) is 0.845. The predicted molar refractivity (Wildman–Crippen MR) is 62.9 cm³/mol. The Bertz CT molecular complexity index is 491. The number of nitrogens with one attached hydrogen (secondary N) is 1. The number of para-hydroxylation sites is 1. The zero-order chi connectivity index (χ0) is 12.1. The summed E-state index contributed by atoms with van der Waals surface area (Å²) in [5, 5.41) is 12.2. The Labute approximate surface area is 98.9 Å². The van der Waals surface area contributed by atoms with Crippen LogP contribution in [0, 0.1) is 0 Å². The van der Waals surface area contributed by atoms with Gasteiger partial charge in [-0.2, -0.15) is 0 Å². The summed E-state index contributed by atoms with van der Waals surface area (Å²) in [6, 6.07) is 10.1. The van der Waals surface area contributed by atoms with Crippen LogP contribution in [0.4, 0.5) is 0 Å². The largest absolute Gasteiger partial charge is 0.507 e. The SMILES string of the molecule is O=C(NCCc1ccco1)c1ccccc1O. The molecule has 0 aliphatic rings. The fourth-order valence-electron chi connectivity index (χ4n) is 1.51. The van der Waals surface area contributed by atoms with Crippen molar-refractivity contribution >= 4 is 5.91 Å². The summed E-state index contributed by atoms with van der Waals surface area (Å²) in [6.07, 6.45) is 2.23. The summed E-state index contributed by atoms with van der Waals surface area (Å²) >= 11 is 0. The van der Waals surface area contributed by atoms with Gasteiger partial charge in [-0.25, -0.2) is 0 Å². The number of furan rings is 1. The van der Waals surface area contributed by atoms with Crippen LogP contribution in [0.25, 0.3) is 0 Å². The topological polar surface area (TPSA) is 62.5 Å². The first-order chi connectivity index (χ1) is 8.27. The van der Waals surface area contributed by atoms with Gasteiger partial charge in [0.1, 0.15) is 11.5 Å². The van der Waals surface area contributed by atoms with E-state index in [-0.39, 0.29) is 17.2 Å². The highest BCUT2D eigenvalue weighted by Gasteiger charge is 2.09. The third kappa shape index (κ3) is 2.87. The molecule has 0 aliphatic carbocycles. The minimum Gasteiger partial charge on any atom is -0.507 e. The molecular formula is C13H13NO3.